The van der Waals surface area contributed by atoms with Crippen molar-refractivity contribution in [3.8, 4) is 5.82 Å². The van der Waals surface area contributed by atoms with Gasteiger partial charge in [-0.2, -0.15) is 5.10 Å². The molecule has 0 fully saturated rings. The summed E-state index contributed by atoms with van der Waals surface area (Å²) in [5.74, 6) is 0.504. The first-order valence-electron chi connectivity index (χ1n) is 9.50. The molecule has 0 atom stereocenters. The predicted octanol–water partition coefficient (Wildman–Crippen LogP) is 1.98. The molecule has 0 aliphatic carbocycles. The van der Waals surface area contributed by atoms with Crippen molar-refractivity contribution in [1.29, 1.82) is 0 Å². The largest absolute Gasteiger partial charge is 0.268 e. The molecule has 0 saturated heterocycles. The van der Waals surface area contributed by atoms with Gasteiger partial charge >= 0.3 is 0 Å². The summed E-state index contributed by atoms with van der Waals surface area (Å²) in [7, 11) is -3.65. The Morgan fingerprint density at radius 1 is 1.03 bits per heavy atom. The van der Waals surface area contributed by atoms with Crippen LogP contribution in [-0.2, 0) is 23.0 Å². The quantitative estimate of drug-likeness (QED) is 0.606. The maximum atomic E-state index is 12.5. The standard InChI is InChI=1S/C20H25N5O3S/c1-4-5-17-6-8-18(9-7-17)29(27,28)21-12-13-24-20(26)11-10-19(23-24)25-16(3)14-15(2)22-25/h6-11,14,21H,4-5,12-13H2,1-3H3. The number of benzene rings is 1. The molecule has 3 aromatic rings. The van der Waals surface area contributed by atoms with E-state index in [9.17, 15) is 13.2 Å². The molecule has 0 unspecified atom stereocenters. The van der Waals surface area contributed by atoms with Crippen LogP contribution in [0, 0.1) is 13.8 Å². The van der Waals surface area contributed by atoms with Gasteiger partial charge in [-0.05, 0) is 50.1 Å². The highest BCUT2D eigenvalue weighted by molar-refractivity contribution is 7.89. The average Bonchev–Trinajstić information content (AvgIpc) is 3.02. The van der Waals surface area contributed by atoms with Gasteiger partial charge in [-0.25, -0.2) is 22.5 Å². The topological polar surface area (TPSA) is 98.9 Å². The fraction of sp³-hybridized carbons (Fsp3) is 0.350. The lowest BCUT2D eigenvalue weighted by molar-refractivity contribution is 0.541. The van der Waals surface area contributed by atoms with Crippen molar-refractivity contribution in [3.63, 3.8) is 0 Å². The molecule has 0 saturated carbocycles. The van der Waals surface area contributed by atoms with E-state index in [4.69, 9.17) is 0 Å². The van der Waals surface area contributed by atoms with Crippen LogP contribution < -0.4 is 10.3 Å². The van der Waals surface area contributed by atoms with E-state index >= 15 is 0 Å². The molecule has 3 rings (SSSR count). The number of sulfonamides is 1. The summed E-state index contributed by atoms with van der Waals surface area (Å²) >= 11 is 0. The van der Waals surface area contributed by atoms with Crippen LogP contribution in [0.25, 0.3) is 5.82 Å². The van der Waals surface area contributed by atoms with Crippen molar-refractivity contribution >= 4 is 10.0 Å². The number of aromatic nitrogens is 4. The van der Waals surface area contributed by atoms with E-state index in [0.29, 0.717) is 5.82 Å². The Kier molecular flexibility index (Phi) is 6.29. The zero-order chi connectivity index (χ0) is 21.0. The molecule has 2 aromatic heterocycles. The van der Waals surface area contributed by atoms with Gasteiger partial charge in [-0.15, -0.1) is 5.10 Å². The maximum Gasteiger partial charge on any atom is 0.266 e. The summed E-state index contributed by atoms with van der Waals surface area (Å²) in [4.78, 5) is 12.3. The SMILES string of the molecule is CCCc1ccc(S(=O)(=O)NCCn2nc(-n3nc(C)cc3C)ccc2=O)cc1. The Balaban J connectivity index is 1.70. The minimum absolute atomic E-state index is 0.0481. The van der Waals surface area contributed by atoms with Gasteiger partial charge < -0.3 is 0 Å². The molecule has 0 aliphatic rings. The normalized spacial score (nSPS) is 11.7. The lowest BCUT2D eigenvalue weighted by Gasteiger charge is -2.10. The number of aryl methyl sites for hydroxylation is 3. The summed E-state index contributed by atoms with van der Waals surface area (Å²) in [5, 5.41) is 8.67. The molecule has 8 nitrogen and oxygen atoms in total. The number of rotatable bonds is 8. The smallest absolute Gasteiger partial charge is 0.266 e. The number of nitrogens with zero attached hydrogens (tertiary/aromatic N) is 4. The first-order valence-corrected chi connectivity index (χ1v) is 11.0. The summed E-state index contributed by atoms with van der Waals surface area (Å²) in [6.45, 7) is 6.01. The monoisotopic (exact) mass is 415 g/mol. The fourth-order valence-corrected chi connectivity index (χ4v) is 4.09. The molecule has 1 aromatic carbocycles. The Morgan fingerprint density at radius 3 is 2.38 bits per heavy atom. The summed E-state index contributed by atoms with van der Waals surface area (Å²) in [5.41, 5.74) is 2.54. The summed E-state index contributed by atoms with van der Waals surface area (Å²) in [6.07, 6.45) is 1.91. The van der Waals surface area contributed by atoms with E-state index in [1.165, 1.54) is 10.7 Å². The van der Waals surface area contributed by atoms with Crippen LogP contribution in [0.4, 0.5) is 0 Å². The first kappa shape index (κ1) is 20.9. The molecule has 9 heteroatoms. The van der Waals surface area contributed by atoms with E-state index in [1.807, 2.05) is 32.0 Å². The molecule has 0 spiro atoms. The Hall–Kier alpha value is -2.78. The fourth-order valence-electron chi connectivity index (χ4n) is 3.07. The van der Waals surface area contributed by atoms with Crippen molar-refractivity contribution in [1.82, 2.24) is 24.3 Å². The molecule has 0 aliphatic heterocycles. The zero-order valence-electron chi connectivity index (χ0n) is 16.8. The minimum atomic E-state index is -3.65. The average molecular weight is 416 g/mol. The molecule has 2 heterocycles. The van der Waals surface area contributed by atoms with Crippen molar-refractivity contribution in [3.05, 3.63) is 69.8 Å². The minimum Gasteiger partial charge on any atom is -0.268 e. The predicted molar refractivity (Wildman–Crippen MR) is 111 cm³/mol. The zero-order valence-corrected chi connectivity index (χ0v) is 17.6. The Morgan fingerprint density at radius 2 is 1.76 bits per heavy atom. The van der Waals surface area contributed by atoms with Crippen molar-refractivity contribution in [2.75, 3.05) is 6.54 Å². The number of hydrogen-bond donors (Lipinski definition) is 1. The molecular formula is C20H25N5O3S. The highest BCUT2D eigenvalue weighted by Gasteiger charge is 2.14. The second-order valence-electron chi connectivity index (χ2n) is 6.88. The van der Waals surface area contributed by atoms with Gasteiger partial charge in [0.05, 0.1) is 17.1 Å². The second kappa shape index (κ2) is 8.71. The van der Waals surface area contributed by atoms with E-state index in [2.05, 4.69) is 21.8 Å². The molecule has 0 amide bonds. The molecule has 0 radical (unpaired) electrons. The van der Waals surface area contributed by atoms with Crippen molar-refractivity contribution in [2.45, 2.75) is 45.1 Å². The first-order chi connectivity index (χ1) is 13.8. The van der Waals surface area contributed by atoms with E-state index in [1.54, 1.807) is 22.9 Å². The van der Waals surface area contributed by atoms with Gasteiger partial charge in [0.25, 0.3) is 5.56 Å². The van der Waals surface area contributed by atoms with Crippen LogP contribution in [0.15, 0.2) is 52.2 Å². The lowest BCUT2D eigenvalue weighted by atomic mass is 10.1. The molecular weight excluding hydrogens is 390 g/mol. The Bertz CT molecular complexity index is 1150. The third kappa shape index (κ3) is 4.99. The van der Waals surface area contributed by atoms with Crippen molar-refractivity contribution in [2.24, 2.45) is 0 Å². The van der Waals surface area contributed by atoms with Gasteiger partial charge in [0.1, 0.15) is 0 Å². The Labute approximate surface area is 170 Å². The molecule has 154 valence electrons. The second-order valence-corrected chi connectivity index (χ2v) is 8.65. The van der Waals surface area contributed by atoms with Gasteiger partial charge in [-0.3, -0.25) is 4.79 Å². The highest BCUT2D eigenvalue weighted by atomic mass is 32.2. The van der Waals surface area contributed by atoms with Gasteiger partial charge in [0.15, 0.2) is 5.82 Å². The van der Waals surface area contributed by atoms with Crippen LogP contribution >= 0.6 is 0 Å². The van der Waals surface area contributed by atoms with Crippen LogP contribution in [0.3, 0.4) is 0 Å². The van der Waals surface area contributed by atoms with Gasteiger partial charge in [0, 0.05) is 18.3 Å². The maximum absolute atomic E-state index is 12.5. The van der Waals surface area contributed by atoms with Crippen LogP contribution in [-0.4, -0.2) is 34.5 Å². The van der Waals surface area contributed by atoms with Gasteiger partial charge in [-0.1, -0.05) is 25.5 Å². The van der Waals surface area contributed by atoms with E-state index < -0.39 is 10.0 Å². The van der Waals surface area contributed by atoms with Crippen LogP contribution in [0.1, 0.15) is 30.3 Å². The molecule has 1 N–H and O–H groups in total. The number of nitrogens with one attached hydrogen (secondary N) is 1. The number of hydrogen-bond acceptors (Lipinski definition) is 5. The highest BCUT2D eigenvalue weighted by Crippen LogP contribution is 2.12. The molecule has 0 bridgehead atoms. The lowest BCUT2D eigenvalue weighted by Crippen LogP contribution is -2.32. The van der Waals surface area contributed by atoms with Crippen LogP contribution in [0.5, 0.6) is 0 Å². The summed E-state index contributed by atoms with van der Waals surface area (Å²) < 4.78 is 30.4. The van der Waals surface area contributed by atoms with Crippen molar-refractivity contribution < 1.29 is 8.42 Å². The van der Waals surface area contributed by atoms with Crippen LogP contribution in [0.2, 0.25) is 0 Å². The van der Waals surface area contributed by atoms with E-state index in [0.717, 1.165) is 29.8 Å². The molecule has 29 heavy (non-hydrogen) atoms. The third-order valence-corrected chi connectivity index (χ3v) is 5.94. The third-order valence-electron chi connectivity index (χ3n) is 4.47. The van der Waals surface area contributed by atoms with E-state index in [-0.39, 0.29) is 23.5 Å². The van der Waals surface area contributed by atoms with Gasteiger partial charge in [0.2, 0.25) is 10.0 Å². The summed E-state index contributed by atoms with van der Waals surface area (Å²) in [6, 6.07) is 11.8.